The summed E-state index contributed by atoms with van der Waals surface area (Å²) >= 11 is 6.09. The molecule has 1 N–H and O–H groups in total. The molecule has 10 heteroatoms. The molecule has 0 spiro atoms. The Morgan fingerprint density at radius 2 is 1.89 bits per heavy atom. The van der Waals surface area contributed by atoms with Gasteiger partial charge in [0.1, 0.15) is 5.69 Å². The van der Waals surface area contributed by atoms with Crippen LogP contribution in [-0.4, -0.2) is 43.9 Å². The van der Waals surface area contributed by atoms with Crippen molar-refractivity contribution in [3.63, 3.8) is 0 Å². The van der Waals surface area contributed by atoms with Gasteiger partial charge >= 0.3 is 0 Å². The van der Waals surface area contributed by atoms with Crippen LogP contribution in [0, 0.1) is 10.1 Å². The van der Waals surface area contributed by atoms with Crippen LogP contribution in [0.4, 0.5) is 11.4 Å². The number of benzene rings is 2. The van der Waals surface area contributed by atoms with Crippen LogP contribution >= 0.6 is 11.6 Å². The molecule has 0 saturated carbocycles. The smallest absolute Gasteiger partial charge is 0.293 e. The average molecular weight is 412 g/mol. The number of halogens is 1. The van der Waals surface area contributed by atoms with Crippen molar-refractivity contribution in [2.45, 2.75) is 11.4 Å². The van der Waals surface area contributed by atoms with E-state index in [2.05, 4.69) is 5.32 Å². The van der Waals surface area contributed by atoms with E-state index in [0.29, 0.717) is 18.2 Å². The van der Waals surface area contributed by atoms with Gasteiger partial charge in [-0.2, -0.15) is 4.31 Å². The number of ether oxygens (including phenoxy) is 1. The second kappa shape index (κ2) is 8.22. The largest absolute Gasteiger partial charge is 0.379 e. The van der Waals surface area contributed by atoms with Gasteiger partial charge in [0.25, 0.3) is 5.69 Å². The van der Waals surface area contributed by atoms with E-state index < -0.39 is 14.9 Å². The first-order valence-electron chi connectivity index (χ1n) is 8.23. The van der Waals surface area contributed by atoms with Crippen LogP contribution in [0.2, 0.25) is 5.02 Å². The summed E-state index contributed by atoms with van der Waals surface area (Å²) in [6.07, 6.45) is 0. The highest BCUT2D eigenvalue weighted by Crippen LogP contribution is 2.30. The number of anilines is 1. The quantitative estimate of drug-likeness (QED) is 0.579. The molecule has 0 unspecified atom stereocenters. The lowest BCUT2D eigenvalue weighted by atomic mass is 10.2. The third-order valence-electron chi connectivity index (χ3n) is 4.20. The van der Waals surface area contributed by atoms with Gasteiger partial charge in [-0.3, -0.25) is 10.1 Å². The van der Waals surface area contributed by atoms with Crippen LogP contribution < -0.4 is 5.32 Å². The van der Waals surface area contributed by atoms with Crippen LogP contribution in [0.3, 0.4) is 0 Å². The number of nitro groups is 1. The van der Waals surface area contributed by atoms with Gasteiger partial charge in [0, 0.05) is 30.7 Å². The minimum atomic E-state index is -3.81. The normalized spacial score (nSPS) is 15.4. The van der Waals surface area contributed by atoms with E-state index in [9.17, 15) is 18.5 Å². The molecule has 27 heavy (non-hydrogen) atoms. The monoisotopic (exact) mass is 411 g/mol. The van der Waals surface area contributed by atoms with Crippen LogP contribution in [0.1, 0.15) is 5.56 Å². The molecule has 0 aliphatic carbocycles. The molecule has 3 rings (SSSR count). The Labute approximate surface area is 161 Å². The zero-order chi connectivity index (χ0) is 19.4. The summed E-state index contributed by atoms with van der Waals surface area (Å²) in [6.45, 7) is 1.33. The lowest BCUT2D eigenvalue weighted by molar-refractivity contribution is -0.384. The van der Waals surface area contributed by atoms with E-state index in [1.165, 1.54) is 16.4 Å². The summed E-state index contributed by atoms with van der Waals surface area (Å²) in [5, 5.41) is 15.0. The molecule has 1 fully saturated rings. The van der Waals surface area contributed by atoms with Crippen molar-refractivity contribution >= 4 is 33.0 Å². The average Bonchev–Trinajstić information content (AvgIpc) is 2.68. The zero-order valence-corrected chi connectivity index (χ0v) is 15.9. The number of hydrogen-bond donors (Lipinski definition) is 1. The summed E-state index contributed by atoms with van der Waals surface area (Å²) in [4.78, 5) is 10.8. The summed E-state index contributed by atoms with van der Waals surface area (Å²) in [7, 11) is -3.81. The van der Waals surface area contributed by atoms with E-state index in [4.69, 9.17) is 16.3 Å². The highest BCUT2D eigenvalue weighted by Gasteiger charge is 2.28. The Morgan fingerprint density at radius 1 is 1.19 bits per heavy atom. The highest BCUT2D eigenvalue weighted by molar-refractivity contribution is 7.89. The van der Waals surface area contributed by atoms with Gasteiger partial charge in [0.05, 0.1) is 23.0 Å². The van der Waals surface area contributed by atoms with Crippen LogP contribution in [0.5, 0.6) is 0 Å². The fourth-order valence-corrected chi connectivity index (χ4v) is 4.37. The fraction of sp³-hybridized carbons (Fsp3) is 0.294. The Hall–Kier alpha value is -2.20. The number of sulfonamides is 1. The maximum Gasteiger partial charge on any atom is 0.293 e. The molecule has 1 aliphatic heterocycles. The van der Waals surface area contributed by atoms with Gasteiger partial charge in [0.2, 0.25) is 10.0 Å². The molecule has 1 saturated heterocycles. The highest BCUT2D eigenvalue weighted by atomic mass is 35.5. The van der Waals surface area contributed by atoms with Gasteiger partial charge < -0.3 is 10.1 Å². The molecule has 8 nitrogen and oxygen atoms in total. The van der Waals surface area contributed by atoms with Crippen LogP contribution in [-0.2, 0) is 21.3 Å². The molecule has 1 aliphatic rings. The molecule has 144 valence electrons. The lowest BCUT2D eigenvalue weighted by Crippen LogP contribution is -2.40. The van der Waals surface area contributed by atoms with Crippen molar-refractivity contribution in [2.24, 2.45) is 0 Å². The van der Waals surface area contributed by atoms with Gasteiger partial charge in [-0.15, -0.1) is 0 Å². The van der Waals surface area contributed by atoms with Gasteiger partial charge in [-0.05, 0) is 23.8 Å². The van der Waals surface area contributed by atoms with Crippen molar-refractivity contribution < 1.29 is 18.1 Å². The van der Waals surface area contributed by atoms with Crippen molar-refractivity contribution in [2.75, 3.05) is 31.6 Å². The lowest BCUT2D eigenvalue weighted by Gasteiger charge is -2.26. The second-order valence-corrected chi connectivity index (χ2v) is 8.24. The Morgan fingerprint density at radius 3 is 2.56 bits per heavy atom. The Kier molecular flexibility index (Phi) is 5.95. The van der Waals surface area contributed by atoms with Crippen molar-refractivity contribution in [1.29, 1.82) is 0 Å². The minimum absolute atomic E-state index is 0.112. The minimum Gasteiger partial charge on any atom is -0.379 e. The summed E-state index contributed by atoms with van der Waals surface area (Å²) in [5.74, 6) is 0. The molecule has 0 atom stereocenters. The van der Waals surface area contributed by atoms with Crippen molar-refractivity contribution in [1.82, 2.24) is 4.31 Å². The van der Waals surface area contributed by atoms with E-state index in [-0.39, 0.29) is 35.9 Å². The predicted octanol–water partition coefficient (Wildman–Crippen LogP) is 2.88. The van der Waals surface area contributed by atoms with Gasteiger partial charge in [-0.1, -0.05) is 29.8 Å². The molecule has 0 bridgehead atoms. The van der Waals surface area contributed by atoms with Crippen molar-refractivity contribution in [3.05, 3.63) is 63.2 Å². The first-order chi connectivity index (χ1) is 12.9. The number of rotatable bonds is 6. The Bertz CT molecular complexity index is 945. The molecule has 2 aromatic rings. The van der Waals surface area contributed by atoms with E-state index in [1.54, 1.807) is 18.2 Å². The summed E-state index contributed by atoms with van der Waals surface area (Å²) in [6, 6.07) is 11.0. The topological polar surface area (TPSA) is 102 Å². The number of hydrogen-bond acceptors (Lipinski definition) is 6. The molecular weight excluding hydrogens is 394 g/mol. The zero-order valence-electron chi connectivity index (χ0n) is 14.3. The second-order valence-electron chi connectivity index (χ2n) is 5.90. The van der Waals surface area contributed by atoms with Crippen molar-refractivity contribution in [3.8, 4) is 0 Å². The first-order valence-corrected chi connectivity index (χ1v) is 10.0. The fourth-order valence-electron chi connectivity index (χ4n) is 2.74. The third kappa shape index (κ3) is 4.38. The molecule has 0 amide bonds. The van der Waals surface area contributed by atoms with Gasteiger partial charge in [0.15, 0.2) is 0 Å². The molecule has 0 radical (unpaired) electrons. The molecule has 1 heterocycles. The van der Waals surface area contributed by atoms with Crippen LogP contribution in [0.25, 0.3) is 0 Å². The Balaban J connectivity index is 1.86. The summed E-state index contributed by atoms with van der Waals surface area (Å²) < 4.78 is 31.8. The SMILES string of the molecule is O=[N+]([O-])c1cc(S(=O)(=O)N2CCOCC2)ccc1NCc1ccccc1Cl. The third-order valence-corrected chi connectivity index (χ3v) is 6.46. The predicted molar refractivity (Wildman–Crippen MR) is 101 cm³/mol. The van der Waals surface area contributed by atoms with Gasteiger partial charge in [-0.25, -0.2) is 8.42 Å². The maximum absolute atomic E-state index is 12.7. The van der Waals surface area contributed by atoms with E-state index in [0.717, 1.165) is 11.6 Å². The van der Waals surface area contributed by atoms with E-state index in [1.807, 2.05) is 6.07 Å². The van der Waals surface area contributed by atoms with E-state index >= 15 is 0 Å². The maximum atomic E-state index is 12.7. The molecule has 0 aromatic heterocycles. The number of nitrogens with one attached hydrogen (secondary N) is 1. The number of nitrogens with zero attached hydrogens (tertiary/aromatic N) is 2. The van der Waals surface area contributed by atoms with Crippen LogP contribution in [0.15, 0.2) is 47.4 Å². The molecular formula is C17H18ClN3O5S. The number of morpholine rings is 1. The summed E-state index contributed by atoms with van der Waals surface area (Å²) in [5.41, 5.74) is 0.690. The molecule has 2 aromatic carbocycles. The first kappa shape index (κ1) is 19.6. The number of nitro benzene ring substituents is 1. The standard InChI is InChI=1S/C17H18ClN3O5S/c18-15-4-2-1-3-13(15)12-19-16-6-5-14(11-17(16)21(22)23)27(24,25)20-7-9-26-10-8-20/h1-6,11,19H,7-10,12H2.